The zero-order valence-electron chi connectivity index (χ0n) is 14.1. The van der Waals surface area contributed by atoms with Crippen LogP contribution in [0, 0.1) is 15.9 Å². The van der Waals surface area contributed by atoms with Gasteiger partial charge in [-0.05, 0) is 35.9 Å². The SMILES string of the molecule is O=[N+]([O-])c1ccc2nc(-c3cccc(OCc4cccc(F)c4)c3)[nH]c2c1. The molecule has 0 aliphatic carbocycles. The molecule has 0 bridgehead atoms. The van der Waals surface area contributed by atoms with Crippen molar-refractivity contribution in [2.45, 2.75) is 6.61 Å². The maximum Gasteiger partial charge on any atom is 0.271 e. The van der Waals surface area contributed by atoms with Crippen LogP contribution >= 0.6 is 0 Å². The summed E-state index contributed by atoms with van der Waals surface area (Å²) in [7, 11) is 0. The van der Waals surface area contributed by atoms with E-state index in [0.717, 1.165) is 11.1 Å². The highest BCUT2D eigenvalue weighted by Gasteiger charge is 2.11. The van der Waals surface area contributed by atoms with Crippen LogP contribution in [0.3, 0.4) is 0 Å². The standard InChI is InChI=1S/C20H14FN3O3/c21-15-5-1-3-13(9-15)12-27-17-6-2-4-14(10-17)20-22-18-8-7-16(24(25)26)11-19(18)23-20/h1-11H,12H2,(H,22,23). The van der Waals surface area contributed by atoms with Crippen LogP contribution in [0.1, 0.15) is 5.56 Å². The maximum atomic E-state index is 13.2. The first-order valence-corrected chi connectivity index (χ1v) is 8.20. The Balaban J connectivity index is 1.58. The van der Waals surface area contributed by atoms with Gasteiger partial charge in [-0.15, -0.1) is 0 Å². The van der Waals surface area contributed by atoms with Gasteiger partial charge in [-0.2, -0.15) is 0 Å². The summed E-state index contributed by atoms with van der Waals surface area (Å²) >= 11 is 0. The van der Waals surface area contributed by atoms with Gasteiger partial charge in [0.15, 0.2) is 0 Å². The molecule has 1 aromatic heterocycles. The van der Waals surface area contributed by atoms with Gasteiger partial charge in [-0.3, -0.25) is 10.1 Å². The molecule has 4 aromatic rings. The molecule has 0 amide bonds. The monoisotopic (exact) mass is 363 g/mol. The number of imidazole rings is 1. The lowest BCUT2D eigenvalue weighted by Crippen LogP contribution is -1.96. The van der Waals surface area contributed by atoms with E-state index in [2.05, 4.69) is 9.97 Å². The smallest absolute Gasteiger partial charge is 0.271 e. The van der Waals surface area contributed by atoms with Crippen molar-refractivity contribution in [3.8, 4) is 17.1 Å². The number of nitro groups is 1. The van der Waals surface area contributed by atoms with Crippen LogP contribution in [0.4, 0.5) is 10.1 Å². The molecule has 0 spiro atoms. The predicted molar refractivity (Wildman–Crippen MR) is 98.9 cm³/mol. The van der Waals surface area contributed by atoms with Crippen LogP contribution < -0.4 is 4.74 Å². The molecule has 0 radical (unpaired) electrons. The minimum Gasteiger partial charge on any atom is -0.489 e. The first-order valence-electron chi connectivity index (χ1n) is 8.20. The number of aromatic nitrogens is 2. The van der Waals surface area contributed by atoms with E-state index < -0.39 is 4.92 Å². The Morgan fingerprint density at radius 2 is 1.93 bits per heavy atom. The predicted octanol–water partition coefficient (Wildman–Crippen LogP) is 4.86. The van der Waals surface area contributed by atoms with Crippen molar-refractivity contribution in [2.24, 2.45) is 0 Å². The Morgan fingerprint density at radius 3 is 2.74 bits per heavy atom. The van der Waals surface area contributed by atoms with Crippen LogP contribution in [-0.2, 0) is 6.61 Å². The summed E-state index contributed by atoms with van der Waals surface area (Å²) in [6.45, 7) is 0.244. The Bertz CT molecular complexity index is 1140. The van der Waals surface area contributed by atoms with Gasteiger partial charge in [-0.1, -0.05) is 24.3 Å². The van der Waals surface area contributed by atoms with Crippen LogP contribution in [0.5, 0.6) is 5.75 Å². The van der Waals surface area contributed by atoms with Gasteiger partial charge in [0.05, 0.1) is 16.0 Å². The zero-order valence-corrected chi connectivity index (χ0v) is 14.1. The summed E-state index contributed by atoms with van der Waals surface area (Å²) in [6.07, 6.45) is 0. The molecule has 0 aliphatic rings. The van der Waals surface area contributed by atoms with Crippen LogP contribution in [-0.4, -0.2) is 14.9 Å². The Morgan fingerprint density at radius 1 is 1.07 bits per heavy atom. The molecule has 134 valence electrons. The third kappa shape index (κ3) is 3.62. The number of H-pyrrole nitrogens is 1. The van der Waals surface area contributed by atoms with E-state index in [9.17, 15) is 14.5 Å². The Labute approximate surface area is 153 Å². The van der Waals surface area contributed by atoms with Crippen molar-refractivity contribution in [2.75, 3.05) is 0 Å². The van der Waals surface area contributed by atoms with Gasteiger partial charge in [0, 0.05) is 17.7 Å². The molecule has 0 saturated carbocycles. The van der Waals surface area contributed by atoms with Gasteiger partial charge >= 0.3 is 0 Å². The normalized spacial score (nSPS) is 10.9. The summed E-state index contributed by atoms with van der Waals surface area (Å²) in [4.78, 5) is 18.0. The number of rotatable bonds is 5. The average Bonchev–Trinajstić information content (AvgIpc) is 3.10. The number of ether oxygens (including phenoxy) is 1. The molecule has 7 heteroatoms. The molecule has 0 fully saturated rings. The molecular weight excluding hydrogens is 349 g/mol. The number of nitro benzene ring substituents is 1. The van der Waals surface area contributed by atoms with Crippen LogP contribution in [0.15, 0.2) is 66.7 Å². The number of fused-ring (bicyclic) bond motifs is 1. The van der Waals surface area contributed by atoms with E-state index in [-0.39, 0.29) is 18.1 Å². The largest absolute Gasteiger partial charge is 0.489 e. The zero-order chi connectivity index (χ0) is 18.8. The van der Waals surface area contributed by atoms with E-state index in [0.29, 0.717) is 22.6 Å². The minimum atomic E-state index is -0.444. The second-order valence-electron chi connectivity index (χ2n) is 5.99. The lowest BCUT2D eigenvalue weighted by Gasteiger charge is -2.07. The molecule has 4 rings (SSSR count). The van der Waals surface area contributed by atoms with Crippen molar-refractivity contribution in [3.63, 3.8) is 0 Å². The number of halogens is 1. The molecule has 0 unspecified atom stereocenters. The molecule has 0 aliphatic heterocycles. The van der Waals surface area contributed by atoms with E-state index in [1.807, 2.05) is 18.2 Å². The fourth-order valence-electron chi connectivity index (χ4n) is 2.77. The lowest BCUT2D eigenvalue weighted by molar-refractivity contribution is -0.384. The molecular formula is C20H14FN3O3. The molecule has 27 heavy (non-hydrogen) atoms. The van der Waals surface area contributed by atoms with Crippen molar-refractivity contribution in [1.29, 1.82) is 0 Å². The number of benzene rings is 3. The molecule has 1 heterocycles. The quantitative estimate of drug-likeness (QED) is 0.406. The minimum absolute atomic E-state index is 0.00452. The third-order valence-corrected chi connectivity index (χ3v) is 4.08. The van der Waals surface area contributed by atoms with E-state index in [1.165, 1.54) is 24.3 Å². The summed E-state index contributed by atoms with van der Waals surface area (Å²) in [5, 5.41) is 10.9. The fourth-order valence-corrected chi connectivity index (χ4v) is 2.77. The van der Waals surface area contributed by atoms with Crippen molar-refractivity contribution in [1.82, 2.24) is 9.97 Å². The number of aromatic amines is 1. The van der Waals surface area contributed by atoms with Crippen molar-refractivity contribution >= 4 is 16.7 Å². The summed E-state index contributed by atoms with van der Waals surface area (Å²) in [6, 6.07) is 18.0. The number of nitrogens with zero attached hydrogens (tertiary/aromatic N) is 2. The lowest BCUT2D eigenvalue weighted by atomic mass is 10.2. The Hall–Kier alpha value is -3.74. The van der Waals surface area contributed by atoms with Gasteiger partial charge in [-0.25, -0.2) is 9.37 Å². The van der Waals surface area contributed by atoms with Gasteiger partial charge in [0.25, 0.3) is 5.69 Å². The van der Waals surface area contributed by atoms with Gasteiger partial charge in [0.2, 0.25) is 0 Å². The van der Waals surface area contributed by atoms with Gasteiger partial charge in [0.1, 0.15) is 24.0 Å². The molecule has 1 N–H and O–H groups in total. The van der Waals surface area contributed by atoms with E-state index in [4.69, 9.17) is 4.74 Å². The molecule has 3 aromatic carbocycles. The first kappa shape index (κ1) is 16.7. The number of hydrogen-bond acceptors (Lipinski definition) is 4. The van der Waals surface area contributed by atoms with E-state index >= 15 is 0 Å². The Kier molecular flexibility index (Phi) is 4.25. The second-order valence-corrected chi connectivity index (χ2v) is 5.99. The van der Waals surface area contributed by atoms with E-state index in [1.54, 1.807) is 24.3 Å². The molecule has 6 nitrogen and oxygen atoms in total. The third-order valence-electron chi connectivity index (χ3n) is 4.08. The molecule has 0 saturated heterocycles. The maximum absolute atomic E-state index is 13.2. The number of nitrogens with one attached hydrogen (secondary N) is 1. The summed E-state index contributed by atoms with van der Waals surface area (Å²) in [5.41, 5.74) is 2.75. The second kappa shape index (κ2) is 6.87. The summed E-state index contributed by atoms with van der Waals surface area (Å²) in [5.74, 6) is 0.895. The summed E-state index contributed by atoms with van der Waals surface area (Å²) < 4.78 is 19.0. The van der Waals surface area contributed by atoms with Gasteiger partial charge < -0.3 is 9.72 Å². The number of non-ortho nitro benzene ring substituents is 1. The highest BCUT2D eigenvalue weighted by Crippen LogP contribution is 2.26. The highest BCUT2D eigenvalue weighted by atomic mass is 19.1. The number of hydrogen-bond donors (Lipinski definition) is 1. The highest BCUT2D eigenvalue weighted by molar-refractivity contribution is 5.81. The van der Waals surface area contributed by atoms with Crippen LogP contribution in [0.25, 0.3) is 22.4 Å². The average molecular weight is 363 g/mol. The molecule has 0 atom stereocenters. The fraction of sp³-hybridized carbons (Fsp3) is 0.0500. The van der Waals surface area contributed by atoms with Crippen molar-refractivity contribution in [3.05, 3.63) is 88.2 Å². The van der Waals surface area contributed by atoms with Crippen molar-refractivity contribution < 1.29 is 14.1 Å². The topological polar surface area (TPSA) is 81.1 Å². The first-order chi connectivity index (χ1) is 13.1. The van der Waals surface area contributed by atoms with Crippen LogP contribution in [0.2, 0.25) is 0 Å².